The third-order valence-electron chi connectivity index (χ3n) is 4.87. The quantitative estimate of drug-likeness (QED) is 0.530. The molecule has 2 heterocycles. The molecule has 0 radical (unpaired) electrons. The summed E-state index contributed by atoms with van der Waals surface area (Å²) in [5.74, 6) is -1.92. The highest BCUT2D eigenvalue weighted by Crippen LogP contribution is 2.29. The van der Waals surface area contributed by atoms with Gasteiger partial charge in [-0.15, -0.1) is 0 Å². The largest absolute Gasteiger partial charge is 0.493 e. The molecule has 0 spiro atoms. The van der Waals surface area contributed by atoms with Crippen LogP contribution in [-0.2, 0) is 24.3 Å². The SMILES string of the molecule is Clc1cccc(OCCCn2c3c(c4ccccc42)CCNC3)c1.O=C(O)C(F)(F)F. The van der Waals surface area contributed by atoms with Crippen LogP contribution < -0.4 is 10.1 Å². The molecule has 4 rings (SSSR count). The maximum atomic E-state index is 10.6. The molecule has 0 fully saturated rings. The fraction of sp³-hybridized carbons (Fsp3) is 0.318. The van der Waals surface area contributed by atoms with Crippen LogP contribution in [0.5, 0.6) is 5.75 Å². The number of ether oxygens (including phenoxy) is 1. The molecule has 0 aliphatic carbocycles. The zero-order valence-electron chi connectivity index (χ0n) is 16.6. The molecule has 0 saturated heterocycles. The molecule has 9 heteroatoms. The number of carboxylic acids is 1. The minimum Gasteiger partial charge on any atom is -0.493 e. The molecule has 2 N–H and O–H groups in total. The summed E-state index contributed by atoms with van der Waals surface area (Å²) < 4.78 is 40.0. The summed E-state index contributed by atoms with van der Waals surface area (Å²) in [5.41, 5.74) is 4.29. The van der Waals surface area contributed by atoms with Gasteiger partial charge in [-0.1, -0.05) is 35.9 Å². The predicted molar refractivity (Wildman–Crippen MR) is 113 cm³/mol. The highest BCUT2D eigenvalue weighted by Gasteiger charge is 2.38. The van der Waals surface area contributed by atoms with Crippen LogP contribution in [-0.4, -0.2) is 35.0 Å². The van der Waals surface area contributed by atoms with Gasteiger partial charge in [0.1, 0.15) is 5.75 Å². The van der Waals surface area contributed by atoms with Crippen molar-refractivity contribution in [2.75, 3.05) is 13.2 Å². The van der Waals surface area contributed by atoms with Gasteiger partial charge in [0, 0.05) is 34.7 Å². The molecule has 166 valence electrons. The molecule has 1 aromatic heterocycles. The van der Waals surface area contributed by atoms with Crippen molar-refractivity contribution in [1.29, 1.82) is 0 Å². The molecule has 5 nitrogen and oxygen atoms in total. The summed E-state index contributed by atoms with van der Waals surface area (Å²) in [7, 11) is 0. The maximum absolute atomic E-state index is 10.6. The van der Waals surface area contributed by atoms with E-state index in [2.05, 4.69) is 34.1 Å². The molecule has 2 aromatic carbocycles. The number of hydrogen-bond acceptors (Lipinski definition) is 3. The van der Waals surface area contributed by atoms with E-state index in [1.165, 1.54) is 22.2 Å². The van der Waals surface area contributed by atoms with Gasteiger partial charge in [-0.25, -0.2) is 4.79 Å². The number of alkyl halides is 3. The first-order chi connectivity index (χ1) is 14.8. The predicted octanol–water partition coefficient (Wildman–Crippen LogP) is 5.04. The maximum Gasteiger partial charge on any atom is 0.490 e. The first-order valence-electron chi connectivity index (χ1n) is 9.75. The Bertz CT molecular complexity index is 1050. The Morgan fingerprint density at radius 1 is 1.19 bits per heavy atom. The minimum absolute atomic E-state index is 0.690. The van der Waals surface area contributed by atoms with Crippen LogP contribution in [0.1, 0.15) is 17.7 Å². The van der Waals surface area contributed by atoms with Crippen molar-refractivity contribution in [3.63, 3.8) is 0 Å². The highest BCUT2D eigenvalue weighted by atomic mass is 35.5. The highest BCUT2D eigenvalue weighted by molar-refractivity contribution is 6.30. The van der Waals surface area contributed by atoms with Gasteiger partial charge < -0.3 is 19.7 Å². The van der Waals surface area contributed by atoms with Gasteiger partial charge in [-0.05, 0) is 49.2 Å². The van der Waals surface area contributed by atoms with Crippen LogP contribution in [0.15, 0.2) is 48.5 Å². The summed E-state index contributed by atoms with van der Waals surface area (Å²) >= 11 is 5.99. The third-order valence-corrected chi connectivity index (χ3v) is 5.11. The van der Waals surface area contributed by atoms with Crippen LogP contribution >= 0.6 is 11.6 Å². The van der Waals surface area contributed by atoms with Crippen LogP contribution in [0.25, 0.3) is 10.9 Å². The fourth-order valence-electron chi connectivity index (χ4n) is 3.55. The Labute approximate surface area is 182 Å². The first kappa shape index (κ1) is 23.0. The lowest BCUT2D eigenvalue weighted by Crippen LogP contribution is -2.25. The standard InChI is InChI=1S/C20H21ClN2O.C2HF3O2/c21-15-5-3-6-16(13-15)24-12-4-11-23-19-8-2-1-7-17(19)18-9-10-22-14-20(18)23;3-2(4,5)1(6)7/h1-3,5-8,13,22H,4,9-12,14H2;(H,6,7). The fourth-order valence-corrected chi connectivity index (χ4v) is 3.73. The average molecular weight is 455 g/mol. The Morgan fingerprint density at radius 3 is 2.65 bits per heavy atom. The molecule has 1 aliphatic heterocycles. The number of aliphatic carboxylic acids is 1. The van der Waals surface area contributed by atoms with E-state index in [0.29, 0.717) is 11.6 Å². The lowest BCUT2D eigenvalue weighted by Gasteiger charge is -2.17. The molecule has 0 atom stereocenters. The van der Waals surface area contributed by atoms with Crippen molar-refractivity contribution in [2.45, 2.75) is 32.1 Å². The molecule has 0 amide bonds. The molecule has 1 aliphatic rings. The molecule has 0 unspecified atom stereocenters. The van der Waals surface area contributed by atoms with E-state index in [0.717, 1.165) is 38.2 Å². The van der Waals surface area contributed by atoms with E-state index in [1.54, 1.807) is 0 Å². The van der Waals surface area contributed by atoms with Crippen molar-refractivity contribution in [2.24, 2.45) is 0 Å². The first-order valence-corrected chi connectivity index (χ1v) is 10.1. The molecule has 3 aromatic rings. The second-order valence-electron chi connectivity index (χ2n) is 6.98. The average Bonchev–Trinajstić information content (AvgIpc) is 3.05. The van der Waals surface area contributed by atoms with Crippen LogP contribution in [0.2, 0.25) is 5.02 Å². The van der Waals surface area contributed by atoms with Gasteiger partial charge in [-0.2, -0.15) is 13.2 Å². The third kappa shape index (κ3) is 5.92. The Kier molecular flexibility index (Phi) is 7.46. The van der Waals surface area contributed by atoms with Gasteiger partial charge in [0.15, 0.2) is 0 Å². The number of nitrogens with zero attached hydrogens (tertiary/aromatic N) is 1. The number of para-hydroxylation sites is 1. The van der Waals surface area contributed by atoms with E-state index in [4.69, 9.17) is 26.2 Å². The Hall–Kier alpha value is -2.71. The zero-order chi connectivity index (χ0) is 22.4. The smallest absolute Gasteiger partial charge is 0.490 e. The second kappa shape index (κ2) is 10.1. The summed E-state index contributed by atoms with van der Waals surface area (Å²) in [5, 5.41) is 12.7. The number of hydrogen-bond donors (Lipinski definition) is 2. The molecular formula is C22H22ClF3N2O3. The Balaban J connectivity index is 0.000000339. The summed E-state index contributed by atoms with van der Waals surface area (Å²) in [6.45, 7) is 3.69. The van der Waals surface area contributed by atoms with Crippen molar-refractivity contribution in [3.05, 3.63) is 64.8 Å². The lowest BCUT2D eigenvalue weighted by molar-refractivity contribution is -0.192. The minimum atomic E-state index is -5.08. The van der Waals surface area contributed by atoms with E-state index < -0.39 is 12.1 Å². The molecule has 0 saturated carbocycles. The normalized spacial score (nSPS) is 13.3. The van der Waals surface area contributed by atoms with Crippen LogP contribution in [0, 0.1) is 0 Å². The van der Waals surface area contributed by atoms with Crippen molar-refractivity contribution < 1.29 is 27.8 Å². The van der Waals surface area contributed by atoms with Crippen LogP contribution in [0.3, 0.4) is 0 Å². The van der Waals surface area contributed by atoms with E-state index >= 15 is 0 Å². The number of aryl methyl sites for hydroxylation is 1. The summed E-state index contributed by atoms with van der Waals surface area (Å²) in [4.78, 5) is 8.90. The number of carboxylic acid groups (broad SMARTS) is 1. The molecular weight excluding hydrogens is 433 g/mol. The Morgan fingerprint density at radius 2 is 1.94 bits per heavy atom. The summed E-state index contributed by atoms with van der Waals surface area (Å²) in [6.07, 6.45) is -3.00. The zero-order valence-corrected chi connectivity index (χ0v) is 17.3. The van der Waals surface area contributed by atoms with Gasteiger partial charge in [0.05, 0.1) is 6.61 Å². The second-order valence-corrected chi connectivity index (χ2v) is 7.42. The number of carbonyl (C=O) groups is 1. The lowest BCUT2D eigenvalue weighted by atomic mass is 10.1. The van der Waals surface area contributed by atoms with Crippen molar-refractivity contribution in [3.8, 4) is 5.75 Å². The van der Waals surface area contributed by atoms with E-state index in [1.807, 2.05) is 24.3 Å². The monoisotopic (exact) mass is 454 g/mol. The van der Waals surface area contributed by atoms with Crippen molar-refractivity contribution in [1.82, 2.24) is 9.88 Å². The number of fused-ring (bicyclic) bond motifs is 3. The number of aromatic nitrogens is 1. The van der Waals surface area contributed by atoms with Crippen molar-refractivity contribution >= 4 is 28.5 Å². The van der Waals surface area contributed by atoms with E-state index in [9.17, 15) is 13.2 Å². The van der Waals surface area contributed by atoms with Gasteiger partial charge in [-0.3, -0.25) is 0 Å². The number of nitrogens with one attached hydrogen (secondary N) is 1. The number of benzene rings is 2. The topological polar surface area (TPSA) is 63.5 Å². The molecule has 31 heavy (non-hydrogen) atoms. The van der Waals surface area contributed by atoms with Gasteiger partial charge in [0.25, 0.3) is 0 Å². The number of rotatable bonds is 5. The van der Waals surface area contributed by atoms with E-state index in [-0.39, 0.29) is 0 Å². The summed E-state index contributed by atoms with van der Waals surface area (Å²) in [6, 6.07) is 16.3. The molecule has 0 bridgehead atoms. The number of halogens is 4. The van der Waals surface area contributed by atoms with Gasteiger partial charge >= 0.3 is 12.1 Å². The van der Waals surface area contributed by atoms with Crippen LogP contribution in [0.4, 0.5) is 13.2 Å². The van der Waals surface area contributed by atoms with Gasteiger partial charge in [0.2, 0.25) is 0 Å².